The van der Waals surface area contributed by atoms with E-state index in [-0.39, 0.29) is 18.7 Å². The molecule has 5 heteroatoms. The van der Waals surface area contributed by atoms with Crippen LogP contribution in [0.3, 0.4) is 0 Å². The standard InChI is InChI=1S/C8H13NO4/c1-5(3-7(11)12)8(13)9-4-6(2)10/h5H,3-4H2,1-2H3,(H,9,13)(H,11,12). The van der Waals surface area contributed by atoms with Gasteiger partial charge < -0.3 is 10.4 Å². The van der Waals surface area contributed by atoms with E-state index >= 15 is 0 Å². The normalized spacial score (nSPS) is 11.8. The van der Waals surface area contributed by atoms with Crippen LogP contribution in [0.15, 0.2) is 0 Å². The Balaban J connectivity index is 3.82. The Hall–Kier alpha value is -1.39. The Morgan fingerprint density at radius 3 is 2.31 bits per heavy atom. The second-order valence-corrected chi connectivity index (χ2v) is 2.92. The highest BCUT2D eigenvalue weighted by atomic mass is 16.4. The van der Waals surface area contributed by atoms with Gasteiger partial charge in [0.05, 0.1) is 13.0 Å². The predicted molar refractivity (Wildman–Crippen MR) is 45.1 cm³/mol. The first-order chi connectivity index (χ1) is 5.93. The maximum absolute atomic E-state index is 11.1. The van der Waals surface area contributed by atoms with Crippen molar-refractivity contribution >= 4 is 17.7 Å². The van der Waals surface area contributed by atoms with Crippen molar-refractivity contribution in [2.75, 3.05) is 6.54 Å². The maximum Gasteiger partial charge on any atom is 0.304 e. The van der Waals surface area contributed by atoms with Crippen molar-refractivity contribution < 1.29 is 19.5 Å². The first kappa shape index (κ1) is 11.6. The fraction of sp³-hybridized carbons (Fsp3) is 0.625. The van der Waals surface area contributed by atoms with E-state index in [0.717, 1.165) is 0 Å². The molecule has 0 saturated heterocycles. The zero-order chi connectivity index (χ0) is 10.4. The predicted octanol–water partition coefficient (Wildman–Crippen LogP) is -0.198. The number of hydrogen-bond acceptors (Lipinski definition) is 3. The van der Waals surface area contributed by atoms with Gasteiger partial charge in [0.15, 0.2) is 0 Å². The third kappa shape index (κ3) is 5.84. The van der Waals surface area contributed by atoms with Crippen LogP contribution in [-0.4, -0.2) is 29.3 Å². The third-order valence-electron chi connectivity index (χ3n) is 1.44. The molecular weight excluding hydrogens is 174 g/mol. The summed E-state index contributed by atoms with van der Waals surface area (Å²) in [6.45, 7) is 2.81. The van der Waals surface area contributed by atoms with Gasteiger partial charge in [-0.2, -0.15) is 0 Å². The highest BCUT2D eigenvalue weighted by Gasteiger charge is 2.15. The lowest BCUT2D eigenvalue weighted by atomic mass is 10.1. The summed E-state index contributed by atoms with van der Waals surface area (Å²) in [6, 6.07) is 0. The van der Waals surface area contributed by atoms with Crippen LogP contribution in [0.5, 0.6) is 0 Å². The summed E-state index contributed by atoms with van der Waals surface area (Å²) in [5, 5.41) is 10.7. The topological polar surface area (TPSA) is 83.5 Å². The van der Waals surface area contributed by atoms with Gasteiger partial charge in [-0.1, -0.05) is 6.92 Å². The Morgan fingerprint density at radius 2 is 1.92 bits per heavy atom. The van der Waals surface area contributed by atoms with Crippen molar-refractivity contribution in [2.24, 2.45) is 5.92 Å². The van der Waals surface area contributed by atoms with Crippen LogP contribution in [0.4, 0.5) is 0 Å². The molecule has 0 heterocycles. The molecule has 0 aliphatic rings. The number of carbonyl (C=O) groups excluding carboxylic acids is 2. The summed E-state index contributed by atoms with van der Waals surface area (Å²) < 4.78 is 0. The summed E-state index contributed by atoms with van der Waals surface area (Å²) in [6.07, 6.45) is -0.219. The lowest BCUT2D eigenvalue weighted by molar-refractivity contribution is -0.140. The molecule has 74 valence electrons. The molecule has 1 atom stereocenters. The number of carbonyl (C=O) groups is 3. The molecule has 13 heavy (non-hydrogen) atoms. The van der Waals surface area contributed by atoms with Gasteiger partial charge >= 0.3 is 5.97 Å². The van der Waals surface area contributed by atoms with Gasteiger partial charge in [0.2, 0.25) is 5.91 Å². The molecule has 0 bridgehead atoms. The van der Waals surface area contributed by atoms with Gasteiger partial charge in [-0.3, -0.25) is 14.4 Å². The number of hydrogen-bond donors (Lipinski definition) is 2. The van der Waals surface area contributed by atoms with E-state index < -0.39 is 17.8 Å². The number of ketones is 1. The summed E-state index contributed by atoms with van der Waals surface area (Å²) >= 11 is 0. The molecule has 1 amide bonds. The Morgan fingerprint density at radius 1 is 1.38 bits per heavy atom. The molecule has 0 fully saturated rings. The molecule has 0 rings (SSSR count). The van der Waals surface area contributed by atoms with Crippen molar-refractivity contribution in [3.63, 3.8) is 0 Å². The number of Topliss-reactive ketones (excluding diaryl/α,β-unsaturated/α-hetero) is 1. The second-order valence-electron chi connectivity index (χ2n) is 2.92. The SMILES string of the molecule is CC(=O)CNC(=O)C(C)CC(=O)O. The van der Waals surface area contributed by atoms with Gasteiger partial charge in [0, 0.05) is 5.92 Å². The molecule has 0 aromatic rings. The average Bonchev–Trinajstić information content (AvgIpc) is 1.98. The van der Waals surface area contributed by atoms with Gasteiger partial charge in [-0.15, -0.1) is 0 Å². The smallest absolute Gasteiger partial charge is 0.304 e. The van der Waals surface area contributed by atoms with Crippen LogP contribution in [0.2, 0.25) is 0 Å². The maximum atomic E-state index is 11.1. The minimum Gasteiger partial charge on any atom is -0.481 e. The molecule has 0 spiro atoms. The molecule has 0 saturated carbocycles. The minimum absolute atomic E-state index is 0.0389. The Kier molecular flexibility index (Phi) is 4.72. The van der Waals surface area contributed by atoms with E-state index in [0.29, 0.717) is 0 Å². The lowest BCUT2D eigenvalue weighted by Crippen LogP contribution is -2.33. The molecule has 5 nitrogen and oxygen atoms in total. The molecule has 0 aromatic heterocycles. The minimum atomic E-state index is -1.02. The first-order valence-corrected chi connectivity index (χ1v) is 3.92. The number of carboxylic acids is 1. The summed E-state index contributed by atoms with van der Waals surface area (Å²) in [5.74, 6) is -2.18. The molecular formula is C8H13NO4. The summed E-state index contributed by atoms with van der Waals surface area (Å²) in [5.41, 5.74) is 0. The quantitative estimate of drug-likeness (QED) is 0.624. The number of carboxylic acid groups (broad SMARTS) is 1. The second kappa shape index (κ2) is 5.29. The van der Waals surface area contributed by atoms with E-state index in [2.05, 4.69) is 5.32 Å². The zero-order valence-corrected chi connectivity index (χ0v) is 7.66. The average molecular weight is 187 g/mol. The van der Waals surface area contributed by atoms with Crippen molar-refractivity contribution in [3.8, 4) is 0 Å². The molecule has 0 radical (unpaired) electrons. The largest absolute Gasteiger partial charge is 0.481 e. The van der Waals surface area contributed by atoms with Crippen molar-refractivity contribution in [3.05, 3.63) is 0 Å². The van der Waals surface area contributed by atoms with Gasteiger partial charge in [-0.05, 0) is 6.92 Å². The number of aliphatic carboxylic acids is 1. The van der Waals surface area contributed by atoms with E-state index in [1.165, 1.54) is 13.8 Å². The van der Waals surface area contributed by atoms with Crippen molar-refractivity contribution in [1.29, 1.82) is 0 Å². The zero-order valence-electron chi connectivity index (χ0n) is 7.66. The number of nitrogens with one attached hydrogen (secondary N) is 1. The van der Waals surface area contributed by atoms with E-state index in [4.69, 9.17) is 5.11 Å². The fourth-order valence-electron chi connectivity index (χ4n) is 0.740. The fourth-order valence-corrected chi connectivity index (χ4v) is 0.740. The monoisotopic (exact) mass is 187 g/mol. The van der Waals surface area contributed by atoms with Gasteiger partial charge in [-0.25, -0.2) is 0 Å². The molecule has 0 aliphatic heterocycles. The molecule has 0 aromatic carbocycles. The number of amides is 1. The highest BCUT2D eigenvalue weighted by molar-refractivity contribution is 5.87. The molecule has 1 unspecified atom stereocenters. The van der Waals surface area contributed by atoms with Crippen LogP contribution in [0.25, 0.3) is 0 Å². The molecule has 0 aliphatic carbocycles. The summed E-state index contributed by atoms with van der Waals surface area (Å²) in [4.78, 5) is 31.7. The van der Waals surface area contributed by atoms with Crippen LogP contribution >= 0.6 is 0 Å². The van der Waals surface area contributed by atoms with E-state index in [1.54, 1.807) is 0 Å². The van der Waals surface area contributed by atoms with E-state index in [1.807, 2.05) is 0 Å². The van der Waals surface area contributed by atoms with Gasteiger partial charge in [0.25, 0.3) is 0 Å². The van der Waals surface area contributed by atoms with Crippen LogP contribution in [0, 0.1) is 5.92 Å². The lowest BCUT2D eigenvalue weighted by Gasteiger charge is -2.07. The van der Waals surface area contributed by atoms with Crippen LogP contribution < -0.4 is 5.32 Å². The highest BCUT2D eigenvalue weighted by Crippen LogP contribution is 2.00. The first-order valence-electron chi connectivity index (χ1n) is 3.92. The van der Waals surface area contributed by atoms with Gasteiger partial charge in [0.1, 0.15) is 5.78 Å². The van der Waals surface area contributed by atoms with E-state index in [9.17, 15) is 14.4 Å². The third-order valence-corrected chi connectivity index (χ3v) is 1.44. The number of rotatable bonds is 5. The Bertz CT molecular complexity index is 224. The van der Waals surface area contributed by atoms with Crippen LogP contribution in [0.1, 0.15) is 20.3 Å². The van der Waals surface area contributed by atoms with Crippen LogP contribution in [-0.2, 0) is 14.4 Å². The van der Waals surface area contributed by atoms with Crippen molar-refractivity contribution in [2.45, 2.75) is 20.3 Å². The summed E-state index contributed by atoms with van der Waals surface area (Å²) in [7, 11) is 0. The molecule has 2 N–H and O–H groups in total. The Labute approximate surface area is 76.1 Å². The van der Waals surface area contributed by atoms with Crippen molar-refractivity contribution in [1.82, 2.24) is 5.32 Å².